The van der Waals surface area contributed by atoms with Crippen molar-refractivity contribution in [3.8, 4) is 0 Å². The van der Waals surface area contributed by atoms with Crippen molar-refractivity contribution in [2.45, 2.75) is 31.6 Å². The van der Waals surface area contributed by atoms with Crippen molar-refractivity contribution < 1.29 is 4.79 Å². The number of benzene rings is 1. The first-order chi connectivity index (χ1) is 6.42. The first-order valence-corrected chi connectivity index (χ1v) is 4.93. The van der Waals surface area contributed by atoms with Crippen LogP contribution in [-0.4, -0.2) is 6.29 Å². The molecule has 68 valence electrons. The summed E-state index contributed by atoms with van der Waals surface area (Å²) in [7, 11) is 0. The second kappa shape index (κ2) is 3.73. The molecule has 0 amide bonds. The molecule has 13 heavy (non-hydrogen) atoms. The summed E-state index contributed by atoms with van der Waals surface area (Å²) in [6.45, 7) is 0. The van der Waals surface area contributed by atoms with Crippen molar-refractivity contribution >= 4 is 6.29 Å². The highest BCUT2D eigenvalue weighted by Crippen LogP contribution is 2.32. The van der Waals surface area contributed by atoms with E-state index in [4.69, 9.17) is 0 Å². The van der Waals surface area contributed by atoms with E-state index < -0.39 is 0 Å². The van der Waals surface area contributed by atoms with Crippen LogP contribution in [0.25, 0.3) is 0 Å². The predicted molar refractivity (Wildman–Crippen MR) is 52.8 cm³/mol. The molecule has 0 heterocycles. The summed E-state index contributed by atoms with van der Waals surface area (Å²) in [5.74, 6) is 0.488. The summed E-state index contributed by atoms with van der Waals surface area (Å²) in [5, 5.41) is 0. The third-order valence-corrected chi connectivity index (χ3v) is 2.87. The molecule has 1 aromatic carbocycles. The van der Waals surface area contributed by atoms with Gasteiger partial charge in [0, 0.05) is 6.42 Å². The van der Waals surface area contributed by atoms with E-state index in [1.54, 1.807) is 0 Å². The van der Waals surface area contributed by atoms with Crippen LogP contribution in [-0.2, 0) is 11.2 Å². The van der Waals surface area contributed by atoms with Crippen LogP contribution in [0.5, 0.6) is 0 Å². The predicted octanol–water partition coefficient (Wildman–Crippen LogP) is 2.70. The van der Waals surface area contributed by atoms with Crippen LogP contribution in [0.4, 0.5) is 0 Å². The summed E-state index contributed by atoms with van der Waals surface area (Å²) in [6.07, 6.45) is 5.33. The van der Waals surface area contributed by atoms with Gasteiger partial charge in [0.25, 0.3) is 0 Å². The van der Waals surface area contributed by atoms with E-state index in [0.29, 0.717) is 12.3 Å². The molecule has 1 aromatic rings. The molecule has 0 unspecified atom stereocenters. The Bertz CT molecular complexity index is 304. The molecule has 1 nitrogen and oxygen atoms in total. The smallest absolute Gasteiger partial charge is 0.120 e. The second-order valence-corrected chi connectivity index (χ2v) is 3.69. The fourth-order valence-corrected chi connectivity index (χ4v) is 2.22. The molecule has 2 rings (SSSR count). The van der Waals surface area contributed by atoms with Gasteiger partial charge in [0.2, 0.25) is 0 Å². The highest BCUT2D eigenvalue weighted by Gasteiger charge is 2.18. The second-order valence-electron chi connectivity index (χ2n) is 3.69. The van der Waals surface area contributed by atoms with E-state index in [0.717, 1.165) is 6.29 Å². The van der Waals surface area contributed by atoms with E-state index in [1.165, 1.54) is 30.4 Å². The molecule has 0 spiro atoms. The quantitative estimate of drug-likeness (QED) is 0.630. The number of carbonyl (C=O) groups excluding carboxylic acids is 1. The SMILES string of the molecule is O=CC[C@H]1CCCc2ccccc21. The molecule has 0 saturated heterocycles. The van der Waals surface area contributed by atoms with E-state index >= 15 is 0 Å². The van der Waals surface area contributed by atoms with Gasteiger partial charge in [-0.05, 0) is 36.3 Å². The highest BCUT2D eigenvalue weighted by atomic mass is 16.1. The van der Waals surface area contributed by atoms with E-state index in [1.807, 2.05) is 0 Å². The first kappa shape index (κ1) is 8.49. The minimum atomic E-state index is 0.488. The zero-order chi connectivity index (χ0) is 9.10. The molecule has 0 saturated carbocycles. The lowest BCUT2D eigenvalue weighted by Crippen LogP contribution is -2.09. The maximum absolute atomic E-state index is 10.5. The standard InChI is InChI=1S/C12H14O/c13-9-8-11-6-3-5-10-4-1-2-7-12(10)11/h1-2,4,7,9,11H,3,5-6,8H2/t11-/m1/s1. The van der Waals surface area contributed by atoms with E-state index in [-0.39, 0.29) is 0 Å². The number of hydrogen-bond acceptors (Lipinski definition) is 1. The van der Waals surface area contributed by atoms with Gasteiger partial charge < -0.3 is 4.79 Å². The number of fused-ring (bicyclic) bond motifs is 1. The van der Waals surface area contributed by atoms with Crippen LogP contribution in [0.3, 0.4) is 0 Å². The minimum absolute atomic E-state index is 0.488. The van der Waals surface area contributed by atoms with Gasteiger partial charge in [-0.1, -0.05) is 24.3 Å². The molecule has 0 N–H and O–H groups in total. The average molecular weight is 174 g/mol. The molecule has 0 radical (unpaired) electrons. The monoisotopic (exact) mass is 174 g/mol. The van der Waals surface area contributed by atoms with Crippen LogP contribution in [0.2, 0.25) is 0 Å². The van der Waals surface area contributed by atoms with Gasteiger partial charge in [0.15, 0.2) is 0 Å². The first-order valence-electron chi connectivity index (χ1n) is 4.93. The van der Waals surface area contributed by atoms with Gasteiger partial charge in [-0.3, -0.25) is 0 Å². The van der Waals surface area contributed by atoms with Gasteiger partial charge >= 0.3 is 0 Å². The topological polar surface area (TPSA) is 17.1 Å². The summed E-state index contributed by atoms with van der Waals surface area (Å²) in [4.78, 5) is 10.5. The lowest BCUT2D eigenvalue weighted by atomic mass is 9.81. The number of rotatable bonds is 2. The fraction of sp³-hybridized carbons (Fsp3) is 0.417. The van der Waals surface area contributed by atoms with Gasteiger partial charge in [-0.15, -0.1) is 0 Å². The third kappa shape index (κ3) is 1.64. The number of carbonyl (C=O) groups is 1. The third-order valence-electron chi connectivity index (χ3n) is 2.87. The van der Waals surface area contributed by atoms with Crippen molar-refractivity contribution in [2.75, 3.05) is 0 Å². The average Bonchev–Trinajstić information content (AvgIpc) is 2.19. The Hall–Kier alpha value is -1.11. The zero-order valence-corrected chi connectivity index (χ0v) is 7.70. The van der Waals surface area contributed by atoms with Crippen molar-refractivity contribution in [2.24, 2.45) is 0 Å². The molecule has 0 fully saturated rings. The van der Waals surface area contributed by atoms with Crippen molar-refractivity contribution in [3.63, 3.8) is 0 Å². The Kier molecular flexibility index (Phi) is 2.44. The maximum Gasteiger partial charge on any atom is 0.120 e. The highest BCUT2D eigenvalue weighted by molar-refractivity contribution is 5.52. The lowest BCUT2D eigenvalue weighted by Gasteiger charge is -2.23. The Morgan fingerprint density at radius 3 is 3.08 bits per heavy atom. The fourth-order valence-electron chi connectivity index (χ4n) is 2.22. The molecule has 0 bridgehead atoms. The Labute approximate surface area is 78.8 Å². The van der Waals surface area contributed by atoms with Crippen LogP contribution >= 0.6 is 0 Å². The maximum atomic E-state index is 10.5. The molecule has 1 heteroatoms. The van der Waals surface area contributed by atoms with Gasteiger partial charge in [0.1, 0.15) is 6.29 Å². The molecule has 1 aliphatic rings. The van der Waals surface area contributed by atoms with Crippen molar-refractivity contribution in [1.82, 2.24) is 0 Å². The van der Waals surface area contributed by atoms with Gasteiger partial charge in [-0.2, -0.15) is 0 Å². The molecule has 1 atom stereocenters. The molecule has 0 aromatic heterocycles. The number of aryl methyl sites for hydroxylation is 1. The van der Waals surface area contributed by atoms with Gasteiger partial charge in [-0.25, -0.2) is 0 Å². The van der Waals surface area contributed by atoms with Crippen LogP contribution in [0.1, 0.15) is 36.3 Å². The Morgan fingerprint density at radius 1 is 1.38 bits per heavy atom. The van der Waals surface area contributed by atoms with E-state index in [9.17, 15) is 4.79 Å². The van der Waals surface area contributed by atoms with Crippen molar-refractivity contribution in [3.05, 3.63) is 35.4 Å². The number of aldehydes is 1. The summed E-state index contributed by atoms with van der Waals surface area (Å²) in [6, 6.07) is 8.51. The van der Waals surface area contributed by atoms with Crippen molar-refractivity contribution in [1.29, 1.82) is 0 Å². The molecular weight excluding hydrogens is 160 g/mol. The van der Waals surface area contributed by atoms with E-state index in [2.05, 4.69) is 24.3 Å². The number of hydrogen-bond donors (Lipinski definition) is 0. The van der Waals surface area contributed by atoms with Crippen LogP contribution in [0, 0.1) is 0 Å². The minimum Gasteiger partial charge on any atom is -0.303 e. The van der Waals surface area contributed by atoms with Crippen LogP contribution in [0.15, 0.2) is 24.3 Å². The lowest BCUT2D eigenvalue weighted by molar-refractivity contribution is -0.108. The Balaban J connectivity index is 2.31. The van der Waals surface area contributed by atoms with Gasteiger partial charge in [0.05, 0.1) is 0 Å². The molecular formula is C12H14O. The molecule has 1 aliphatic carbocycles. The summed E-state index contributed by atoms with van der Waals surface area (Å²) >= 11 is 0. The molecule has 0 aliphatic heterocycles. The summed E-state index contributed by atoms with van der Waals surface area (Å²) in [5.41, 5.74) is 2.85. The normalized spacial score (nSPS) is 20.8. The largest absolute Gasteiger partial charge is 0.303 e. The van der Waals surface area contributed by atoms with Crippen LogP contribution < -0.4 is 0 Å². The Morgan fingerprint density at radius 2 is 2.23 bits per heavy atom. The summed E-state index contributed by atoms with van der Waals surface area (Å²) < 4.78 is 0. The zero-order valence-electron chi connectivity index (χ0n) is 7.70.